The SMILES string of the molecule is COCC(N)[C@H]1C=NC(C)=CC1. The standard InChI is InChI=1S/C9H16N2O/c1-7-3-4-8(5-11-7)9(10)6-12-2/h3,5,8-9H,4,6,10H2,1-2H3/t8-,9?/m1/s1. The summed E-state index contributed by atoms with van der Waals surface area (Å²) in [4.78, 5) is 4.22. The van der Waals surface area contributed by atoms with Gasteiger partial charge in [-0.2, -0.15) is 0 Å². The Morgan fingerprint density at radius 1 is 1.83 bits per heavy atom. The minimum atomic E-state index is 0.0723. The zero-order chi connectivity index (χ0) is 8.97. The predicted molar refractivity (Wildman–Crippen MR) is 50.2 cm³/mol. The molecule has 1 unspecified atom stereocenters. The van der Waals surface area contributed by atoms with Crippen LogP contribution in [0.15, 0.2) is 16.8 Å². The number of hydrogen-bond donors (Lipinski definition) is 1. The Hall–Kier alpha value is -0.670. The Bertz CT molecular complexity index is 199. The molecule has 1 heterocycles. The number of rotatable bonds is 3. The molecular formula is C9H16N2O. The summed E-state index contributed by atoms with van der Waals surface area (Å²) in [6.07, 6.45) is 5.03. The summed E-state index contributed by atoms with van der Waals surface area (Å²) in [5, 5.41) is 0. The Balaban J connectivity index is 2.41. The zero-order valence-corrected chi connectivity index (χ0v) is 7.66. The molecule has 0 amide bonds. The molecule has 1 rings (SSSR count). The van der Waals surface area contributed by atoms with Crippen LogP contribution < -0.4 is 5.73 Å². The van der Waals surface area contributed by atoms with Crippen LogP contribution in [0.3, 0.4) is 0 Å². The molecule has 2 atom stereocenters. The summed E-state index contributed by atoms with van der Waals surface area (Å²) >= 11 is 0. The molecular weight excluding hydrogens is 152 g/mol. The fourth-order valence-corrected chi connectivity index (χ4v) is 1.23. The van der Waals surface area contributed by atoms with Crippen LogP contribution in [0.25, 0.3) is 0 Å². The third kappa shape index (κ3) is 2.43. The van der Waals surface area contributed by atoms with Gasteiger partial charge in [-0.15, -0.1) is 0 Å². The molecule has 0 fully saturated rings. The minimum Gasteiger partial charge on any atom is -0.383 e. The summed E-state index contributed by atoms with van der Waals surface area (Å²) in [5.41, 5.74) is 6.94. The molecule has 1 aliphatic rings. The van der Waals surface area contributed by atoms with Crippen molar-refractivity contribution in [3.63, 3.8) is 0 Å². The molecule has 0 bridgehead atoms. The summed E-state index contributed by atoms with van der Waals surface area (Å²) in [7, 11) is 1.67. The molecule has 68 valence electrons. The van der Waals surface area contributed by atoms with Crippen molar-refractivity contribution in [3.8, 4) is 0 Å². The van der Waals surface area contributed by atoms with E-state index in [1.165, 1.54) is 0 Å². The number of hydrogen-bond acceptors (Lipinski definition) is 3. The highest BCUT2D eigenvalue weighted by Gasteiger charge is 2.16. The Labute approximate surface area is 73.3 Å². The van der Waals surface area contributed by atoms with Gasteiger partial charge in [0.15, 0.2) is 0 Å². The fourth-order valence-electron chi connectivity index (χ4n) is 1.23. The summed E-state index contributed by atoms with van der Waals surface area (Å²) in [5.74, 6) is 0.341. The van der Waals surface area contributed by atoms with Crippen LogP contribution in [-0.2, 0) is 4.74 Å². The number of nitrogens with two attached hydrogens (primary N) is 1. The number of aliphatic imine (C=N–C) groups is 1. The fraction of sp³-hybridized carbons (Fsp3) is 0.667. The average molecular weight is 168 g/mol. The molecule has 0 radical (unpaired) electrons. The number of allylic oxidation sites excluding steroid dienone is 2. The minimum absolute atomic E-state index is 0.0723. The van der Waals surface area contributed by atoms with E-state index in [0.29, 0.717) is 12.5 Å². The van der Waals surface area contributed by atoms with Gasteiger partial charge >= 0.3 is 0 Å². The van der Waals surface area contributed by atoms with Crippen molar-refractivity contribution in [1.29, 1.82) is 0 Å². The monoisotopic (exact) mass is 168 g/mol. The number of nitrogens with zero attached hydrogens (tertiary/aromatic N) is 1. The predicted octanol–water partition coefficient (Wildman–Crippen LogP) is 0.955. The maximum atomic E-state index is 5.86. The topological polar surface area (TPSA) is 47.6 Å². The van der Waals surface area contributed by atoms with Gasteiger partial charge in [0.05, 0.1) is 6.61 Å². The normalized spacial score (nSPS) is 25.2. The van der Waals surface area contributed by atoms with Gasteiger partial charge in [-0.1, -0.05) is 6.08 Å². The van der Waals surface area contributed by atoms with Gasteiger partial charge in [-0.05, 0) is 13.3 Å². The van der Waals surface area contributed by atoms with Crippen LogP contribution >= 0.6 is 0 Å². The van der Waals surface area contributed by atoms with E-state index in [2.05, 4.69) is 11.1 Å². The Morgan fingerprint density at radius 3 is 3.08 bits per heavy atom. The van der Waals surface area contributed by atoms with Crippen molar-refractivity contribution in [1.82, 2.24) is 0 Å². The lowest BCUT2D eigenvalue weighted by Gasteiger charge is -2.20. The first kappa shape index (κ1) is 9.42. The van der Waals surface area contributed by atoms with Gasteiger partial charge in [-0.25, -0.2) is 0 Å². The maximum Gasteiger partial charge on any atom is 0.0620 e. The van der Waals surface area contributed by atoms with Crippen LogP contribution in [0.1, 0.15) is 13.3 Å². The molecule has 1 aliphatic heterocycles. The first-order chi connectivity index (χ1) is 5.74. The van der Waals surface area contributed by atoms with Crippen LogP contribution in [0.2, 0.25) is 0 Å². The van der Waals surface area contributed by atoms with Crippen LogP contribution in [0.5, 0.6) is 0 Å². The number of methoxy groups -OCH3 is 1. The zero-order valence-electron chi connectivity index (χ0n) is 7.66. The quantitative estimate of drug-likeness (QED) is 0.682. The van der Waals surface area contributed by atoms with Gasteiger partial charge in [-0.3, -0.25) is 4.99 Å². The first-order valence-corrected chi connectivity index (χ1v) is 4.19. The van der Waals surface area contributed by atoms with Gasteiger partial charge in [0.2, 0.25) is 0 Å². The van der Waals surface area contributed by atoms with Crippen molar-refractivity contribution in [2.24, 2.45) is 16.6 Å². The van der Waals surface area contributed by atoms with E-state index in [9.17, 15) is 0 Å². The van der Waals surface area contributed by atoms with Crippen molar-refractivity contribution in [3.05, 3.63) is 11.8 Å². The third-order valence-corrected chi connectivity index (χ3v) is 2.06. The molecule has 0 aromatic heterocycles. The lowest BCUT2D eigenvalue weighted by atomic mass is 9.96. The molecule has 2 N–H and O–H groups in total. The highest BCUT2D eigenvalue weighted by Crippen LogP contribution is 2.14. The van der Waals surface area contributed by atoms with E-state index in [1.807, 2.05) is 13.1 Å². The van der Waals surface area contributed by atoms with Gasteiger partial charge < -0.3 is 10.5 Å². The Morgan fingerprint density at radius 2 is 2.58 bits per heavy atom. The molecule has 0 saturated heterocycles. The van der Waals surface area contributed by atoms with Crippen LogP contribution in [0.4, 0.5) is 0 Å². The Kier molecular flexibility index (Phi) is 3.44. The van der Waals surface area contributed by atoms with E-state index in [4.69, 9.17) is 10.5 Å². The molecule has 0 aromatic rings. The van der Waals surface area contributed by atoms with E-state index in [1.54, 1.807) is 7.11 Å². The summed E-state index contributed by atoms with van der Waals surface area (Å²) in [6.45, 7) is 2.60. The summed E-state index contributed by atoms with van der Waals surface area (Å²) in [6, 6.07) is 0.0723. The van der Waals surface area contributed by atoms with Gasteiger partial charge in [0.1, 0.15) is 0 Å². The van der Waals surface area contributed by atoms with E-state index in [-0.39, 0.29) is 6.04 Å². The van der Waals surface area contributed by atoms with Crippen molar-refractivity contribution >= 4 is 6.21 Å². The van der Waals surface area contributed by atoms with E-state index >= 15 is 0 Å². The van der Waals surface area contributed by atoms with Crippen LogP contribution in [-0.4, -0.2) is 26.0 Å². The molecule has 0 aliphatic carbocycles. The molecule has 0 saturated carbocycles. The van der Waals surface area contributed by atoms with Crippen molar-refractivity contribution < 1.29 is 4.74 Å². The second-order valence-electron chi connectivity index (χ2n) is 3.14. The third-order valence-electron chi connectivity index (χ3n) is 2.06. The lowest BCUT2D eigenvalue weighted by Crippen LogP contribution is -2.35. The molecule has 0 aromatic carbocycles. The van der Waals surface area contributed by atoms with Crippen LogP contribution in [0, 0.1) is 5.92 Å². The molecule has 12 heavy (non-hydrogen) atoms. The molecule has 0 spiro atoms. The van der Waals surface area contributed by atoms with Gasteiger partial charge in [0, 0.05) is 31.0 Å². The average Bonchev–Trinajstić information content (AvgIpc) is 2.06. The van der Waals surface area contributed by atoms with Crippen molar-refractivity contribution in [2.45, 2.75) is 19.4 Å². The van der Waals surface area contributed by atoms with Gasteiger partial charge in [0.25, 0.3) is 0 Å². The second-order valence-corrected chi connectivity index (χ2v) is 3.14. The van der Waals surface area contributed by atoms with Crippen molar-refractivity contribution in [2.75, 3.05) is 13.7 Å². The smallest absolute Gasteiger partial charge is 0.0620 e. The summed E-state index contributed by atoms with van der Waals surface area (Å²) < 4.78 is 4.98. The first-order valence-electron chi connectivity index (χ1n) is 4.19. The van der Waals surface area contributed by atoms with E-state index < -0.39 is 0 Å². The second kappa shape index (κ2) is 4.38. The molecule has 3 nitrogen and oxygen atoms in total. The highest BCUT2D eigenvalue weighted by molar-refractivity contribution is 5.64. The lowest BCUT2D eigenvalue weighted by molar-refractivity contribution is 0.169. The number of ether oxygens (including phenoxy) is 1. The largest absolute Gasteiger partial charge is 0.383 e. The highest BCUT2D eigenvalue weighted by atomic mass is 16.5. The molecule has 3 heteroatoms. The maximum absolute atomic E-state index is 5.86. The van der Waals surface area contributed by atoms with E-state index in [0.717, 1.165) is 12.1 Å².